The maximum absolute atomic E-state index is 5.27. The van der Waals surface area contributed by atoms with Crippen molar-refractivity contribution < 1.29 is 0 Å². The van der Waals surface area contributed by atoms with Crippen molar-refractivity contribution >= 4 is 17.3 Å². The highest BCUT2D eigenvalue weighted by Gasteiger charge is 2.29. The average Bonchev–Trinajstić information content (AvgIpc) is 2.10. The van der Waals surface area contributed by atoms with Gasteiger partial charge in [-0.15, -0.1) is 0 Å². The van der Waals surface area contributed by atoms with Crippen LogP contribution in [-0.2, 0) is 0 Å². The molecule has 0 radical (unpaired) electrons. The molecule has 0 aromatic rings. The van der Waals surface area contributed by atoms with E-state index in [-0.39, 0.29) is 0 Å². The molecular formula is C10H20N2S. The van der Waals surface area contributed by atoms with Crippen molar-refractivity contribution in [1.29, 1.82) is 0 Å². The molecule has 1 N–H and O–H groups in total. The summed E-state index contributed by atoms with van der Waals surface area (Å²) >= 11 is 5.27. The Labute approximate surface area is 86.7 Å². The molecule has 3 atom stereocenters. The molecule has 1 rings (SSSR count). The van der Waals surface area contributed by atoms with Crippen LogP contribution in [0.5, 0.6) is 0 Å². The van der Waals surface area contributed by atoms with Crippen LogP contribution in [0.25, 0.3) is 0 Å². The van der Waals surface area contributed by atoms with E-state index >= 15 is 0 Å². The highest BCUT2D eigenvalue weighted by Crippen LogP contribution is 2.26. The van der Waals surface area contributed by atoms with E-state index in [1.165, 1.54) is 6.42 Å². The molecule has 0 aromatic carbocycles. The molecule has 1 aliphatic rings. The van der Waals surface area contributed by atoms with Gasteiger partial charge in [0.05, 0.1) is 0 Å². The zero-order chi connectivity index (χ0) is 10.0. The third kappa shape index (κ3) is 2.33. The summed E-state index contributed by atoms with van der Waals surface area (Å²) < 4.78 is 0. The van der Waals surface area contributed by atoms with E-state index in [9.17, 15) is 0 Å². The topological polar surface area (TPSA) is 15.3 Å². The Hall–Kier alpha value is -0.310. The van der Waals surface area contributed by atoms with Gasteiger partial charge in [-0.2, -0.15) is 0 Å². The fraction of sp³-hybridized carbons (Fsp3) is 0.900. The summed E-state index contributed by atoms with van der Waals surface area (Å²) in [4.78, 5) is 2.31. The van der Waals surface area contributed by atoms with Crippen LogP contribution in [0.1, 0.15) is 27.2 Å². The van der Waals surface area contributed by atoms with Gasteiger partial charge in [-0.3, -0.25) is 0 Å². The van der Waals surface area contributed by atoms with E-state index in [1.807, 2.05) is 7.05 Å². The number of likely N-dealkylation sites (tertiary alicyclic amines) is 1. The van der Waals surface area contributed by atoms with Crippen LogP contribution < -0.4 is 5.32 Å². The van der Waals surface area contributed by atoms with E-state index in [0.29, 0.717) is 6.04 Å². The second kappa shape index (κ2) is 4.27. The molecule has 1 fully saturated rings. The molecule has 76 valence electrons. The van der Waals surface area contributed by atoms with Gasteiger partial charge in [-0.25, -0.2) is 0 Å². The SMILES string of the molecule is CNC(=S)N1CC(C)CC(C)C1C. The first-order chi connectivity index (χ1) is 6.06. The normalized spacial score (nSPS) is 34.5. The predicted octanol–water partition coefficient (Wildman–Crippen LogP) is 1.86. The maximum atomic E-state index is 5.27. The minimum absolute atomic E-state index is 0.580. The third-order valence-corrected chi connectivity index (χ3v) is 3.51. The predicted molar refractivity (Wildman–Crippen MR) is 60.8 cm³/mol. The Bertz CT molecular complexity index is 193. The molecule has 1 saturated heterocycles. The molecule has 0 bridgehead atoms. The van der Waals surface area contributed by atoms with E-state index in [4.69, 9.17) is 12.2 Å². The second-order valence-electron chi connectivity index (χ2n) is 4.27. The standard InChI is InChI=1S/C10H20N2S/c1-7-5-8(2)9(3)12(6-7)10(13)11-4/h7-9H,5-6H2,1-4H3,(H,11,13). The molecule has 1 aliphatic heterocycles. The van der Waals surface area contributed by atoms with Crippen molar-refractivity contribution in [2.45, 2.75) is 33.2 Å². The fourth-order valence-electron chi connectivity index (χ4n) is 2.13. The van der Waals surface area contributed by atoms with Gasteiger partial charge in [0, 0.05) is 19.6 Å². The van der Waals surface area contributed by atoms with Crippen molar-refractivity contribution in [3.05, 3.63) is 0 Å². The van der Waals surface area contributed by atoms with Crippen molar-refractivity contribution in [1.82, 2.24) is 10.2 Å². The first kappa shape index (κ1) is 10.8. The number of nitrogens with zero attached hydrogens (tertiary/aromatic N) is 1. The molecule has 0 amide bonds. The summed E-state index contributed by atoms with van der Waals surface area (Å²) in [6.45, 7) is 7.98. The Balaban J connectivity index is 2.66. The number of rotatable bonds is 0. The molecular weight excluding hydrogens is 180 g/mol. The highest BCUT2D eigenvalue weighted by atomic mass is 32.1. The van der Waals surface area contributed by atoms with Crippen molar-refractivity contribution in [2.75, 3.05) is 13.6 Å². The van der Waals surface area contributed by atoms with Crippen LogP contribution >= 0.6 is 12.2 Å². The Morgan fingerprint density at radius 2 is 2.00 bits per heavy atom. The van der Waals surface area contributed by atoms with Gasteiger partial charge in [0.2, 0.25) is 0 Å². The van der Waals surface area contributed by atoms with Gasteiger partial charge in [-0.05, 0) is 37.4 Å². The minimum atomic E-state index is 0.580. The monoisotopic (exact) mass is 200 g/mol. The zero-order valence-corrected chi connectivity index (χ0v) is 9.82. The van der Waals surface area contributed by atoms with Crippen LogP contribution in [0.15, 0.2) is 0 Å². The Kier molecular flexibility index (Phi) is 3.54. The van der Waals surface area contributed by atoms with Crippen LogP contribution in [-0.4, -0.2) is 29.6 Å². The highest BCUT2D eigenvalue weighted by molar-refractivity contribution is 7.80. The van der Waals surface area contributed by atoms with E-state index < -0.39 is 0 Å². The lowest BCUT2D eigenvalue weighted by Gasteiger charge is -2.42. The van der Waals surface area contributed by atoms with Gasteiger partial charge in [0.25, 0.3) is 0 Å². The molecule has 13 heavy (non-hydrogen) atoms. The fourth-order valence-corrected chi connectivity index (χ4v) is 2.37. The molecule has 0 aromatic heterocycles. The summed E-state index contributed by atoms with van der Waals surface area (Å²) in [5.41, 5.74) is 0. The van der Waals surface area contributed by atoms with Gasteiger partial charge < -0.3 is 10.2 Å². The van der Waals surface area contributed by atoms with E-state index in [0.717, 1.165) is 23.5 Å². The van der Waals surface area contributed by atoms with E-state index in [1.54, 1.807) is 0 Å². The second-order valence-corrected chi connectivity index (χ2v) is 4.65. The summed E-state index contributed by atoms with van der Waals surface area (Å²) in [5, 5.41) is 3.96. The third-order valence-electron chi connectivity index (χ3n) is 3.07. The van der Waals surface area contributed by atoms with Crippen molar-refractivity contribution in [3.8, 4) is 0 Å². The molecule has 2 nitrogen and oxygen atoms in total. The number of hydrogen-bond acceptors (Lipinski definition) is 1. The number of hydrogen-bond donors (Lipinski definition) is 1. The van der Waals surface area contributed by atoms with Crippen LogP contribution in [0.2, 0.25) is 0 Å². The molecule has 3 heteroatoms. The summed E-state index contributed by atoms with van der Waals surface area (Å²) in [6, 6.07) is 0.580. The first-order valence-corrected chi connectivity index (χ1v) is 5.45. The first-order valence-electron chi connectivity index (χ1n) is 5.04. The van der Waals surface area contributed by atoms with Crippen LogP contribution in [0, 0.1) is 11.8 Å². The quantitative estimate of drug-likeness (QED) is 0.601. The van der Waals surface area contributed by atoms with Crippen LogP contribution in [0.4, 0.5) is 0 Å². The minimum Gasteiger partial charge on any atom is -0.366 e. The molecule has 1 heterocycles. The Morgan fingerprint density at radius 1 is 1.38 bits per heavy atom. The lowest BCUT2D eigenvalue weighted by atomic mass is 9.86. The number of thiocarbonyl (C=S) groups is 1. The van der Waals surface area contributed by atoms with Crippen molar-refractivity contribution in [2.24, 2.45) is 11.8 Å². The Morgan fingerprint density at radius 3 is 2.54 bits per heavy atom. The van der Waals surface area contributed by atoms with Gasteiger partial charge in [0.1, 0.15) is 0 Å². The van der Waals surface area contributed by atoms with Gasteiger partial charge in [0.15, 0.2) is 5.11 Å². The molecule has 3 unspecified atom stereocenters. The maximum Gasteiger partial charge on any atom is 0.168 e. The number of piperidine rings is 1. The molecule has 0 spiro atoms. The van der Waals surface area contributed by atoms with Gasteiger partial charge >= 0.3 is 0 Å². The summed E-state index contributed by atoms with van der Waals surface area (Å²) in [6.07, 6.45) is 1.32. The lowest BCUT2D eigenvalue weighted by Crippen LogP contribution is -2.51. The van der Waals surface area contributed by atoms with E-state index in [2.05, 4.69) is 31.0 Å². The molecule has 0 aliphatic carbocycles. The lowest BCUT2D eigenvalue weighted by molar-refractivity contribution is 0.146. The number of nitrogens with one attached hydrogen (secondary N) is 1. The average molecular weight is 200 g/mol. The summed E-state index contributed by atoms with van der Waals surface area (Å²) in [7, 11) is 1.90. The molecule has 0 saturated carbocycles. The largest absolute Gasteiger partial charge is 0.366 e. The van der Waals surface area contributed by atoms with Gasteiger partial charge in [-0.1, -0.05) is 13.8 Å². The smallest absolute Gasteiger partial charge is 0.168 e. The van der Waals surface area contributed by atoms with Crippen molar-refractivity contribution in [3.63, 3.8) is 0 Å². The summed E-state index contributed by atoms with van der Waals surface area (Å²) in [5.74, 6) is 1.51. The van der Waals surface area contributed by atoms with Crippen LogP contribution in [0.3, 0.4) is 0 Å². The zero-order valence-electron chi connectivity index (χ0n) is 9.00.